The number of anilines is 1. The number of aliphatic imine (C=N–C) groups is 1. The van der Waals surface area contributed by atoms with Gasteiger partial charge in [-0.1, -0.05) is 11.2 Å². The zero-order chi connectivity index (χ0) is 35.0. The van der Waals surface area contributed by atoms with E-state index >= 15 is 0 Å². The van der Waals surface area contributed by atoms with Crippen LogP contribution in [0, 0.1) is 0 Å². The molecule has 21 heteroatoms. The first-order valence-electron chi connectivity index (χ1n) is 14.6. The van der Waals surface area contributed by atoms with Gasteiger partial charge in [0.1, 0.15) is 17.5 Å². The molecule has 48 heavy (non-hydrogen) atoms. The van der Waals surface area contributed by atoms with Crippen molar-refractivity contribution >= 4 is 56.3 Å². The maximum atomic E-state index is 13.4. The summed E-state index contributed by atoms with van der Waals surface area (Å²) in [6, 6.07) is 4.19. The third kappa shape index (κ3) is 6.99. The Hall–Kier alpha value is -4.57. The van der Waals surface area contributed by atoms with E-state index in [-0.39, 0.29) is 23.3 Å². The summed E-state index contributed by atoms with van der Waals surface area (Å²) in [6.07, 6.45) is -0.362. The number of nitrogen functional groups attached to an aromatic ring is 1. The molecule has 4 heterocycles. The highest BCUT2D eigenvalue weighted by Crippen LogP contribution is 2.36. The lowest BCUT2D eigenvalue weighted by Crippen LogP contribution is -2.76. The average molecular weight is 710 g/mol. The van der Waals surface area contributed by atoms with E-state index < -0.39 is 57.2 Å². The van der Waals surface area contributed by atoms with Crippen LogP contribution in [-0.2, 0) is 40.3 Å². The third-order valence-corrected chi connectivity index (χ3v) is 9.09. The van der Waals surface area contributed by atoms with Gasteiger partial charge in [-0.15, -0.1) is 15.6 Å². The van der Waals surface area contributed by atoms with Gasteiger partial charge in [-0.25, -0.2) is 9.78 Å². The number of nitrogens with two attached hydrogens (primary N) is 2. The number of hydrogen-bond donors (Lipinski definition) is 7. The zero-order valence-electron chi connectivity index (χ0n) is 26.0. The number of amides is 2. The molecule has 5 rings (SSSR count). The van der Waals surface area contributed by atoms with Gasteiger partial charge in [0.15, 0.2) is 22.9 Å². The van der Waals surface area contributed by atoms with Crippen LogP contribution in [0.15, 0.2) is 33.7 Å². The number of aromatic nitrogens is 1. The van der Waals surface area contributed by atoms with Crippen molar-refractivity contribution in [3.05, 3.63) is 40.4 Å². The Morgan fingerprint density at radius 2 is 2.10 bits per heavy atom. The molecular weight excluding hydrogens is 674 g/mol. The number of nitrogens with one attached hydrogen (secondary N) is 3. The summed E-state index contributed by atoms with van der Waals surface area (Å²) < 4.78 is 41.7. The molecule has 19 nitrogen and oxygen atoms in total. The van der Waals surface area contributed by atoms with Crippen molar-refractivity contribution in [2.75, 3.05) is 25.4 Å². The Morgan fingerprint density at radius 3 is 2.73 bits per heavy atom. The number of oxime groups is 1. The Balaban J connectivity index is 1.33. The molecule has 0 spiro atoms. The van der Waals surface area contributed by atoms with E-state index in [1.165, 1.54) is 26.2 Å². The van der Waals surface area contributed by atoms with Crippen molar-refractivity contribution in [1.82, 2.24) is 26.0 Å². The van der Waals surface area contributed by atoms with Crippen LogP contribution in [0.25, 0.3) is 0 Å². The van der Waals surface area contributed by atoms with Gasteiger partial charge in [0.2, 0.25) is 0 Å². The summed E-state index contributed by atoms with van der Waals surface area (Å²) in [6.45, 7) is 5.59. The molecule has 0 saturated carbocycles. The number of carbonyl (C=O) groups is 3. The molecule has 3 aliphatic heterocycles. The first kappa shape index (κ1) is 34.8. The van der Waals surface area contributed by atoms with Crippen LogP contribution >= 0.6 is 11.3 Å². The third-order valence-electron chi connectivity index (χ3n) is 8.08. The highest BCUT2D eigenvalue weighted by molar-refractivity contribution is 7.80. The Kier molecular flexibility index (Phi) is 9.52. The maximum absolute atomic E-state index is 13.4. The quantitative estimate of drug-likeness (QED) is 0.0607. The largest absolute Gasteiger partial charge is 0.485 e. The van der Waals surface area contributed by atoms with Gasteiger partial charge in [0.05, 0.1) is 18.1 Å². The smallest absolute Gasteiger partial charge is 0.418 e. The number of carboxylic acids is 1. The summed E-state index contributed by atoms with van der Waals surface area (Å²) in [5.74, 6) is -2.30. The second-order valence-electron chi connectivity index (χ2n) is 11.8. The molecule has 1 aromatic carbocycles. The molecule has 1 fully saturated rings. The Labute approximate surface area is 278 Å². The molecule has 9 N–H and O–H groups in total. The molecule has 0 bridgehead atoms. The second-order valence-corrected chi connectivity index (χ2v) is 13.7. The monoisotopic (exact) mass is 709 g/mol. The van der Waals surface area contributed by atoms with Crippen LogP contribution in [0.1, 0.15) is 50.1 Å². The number of rotatable bonds is 12. The fourth-order valence-corrected chi connectivity index (χ4v) is 6.34. The standard InChI is InChI=1S/C27H35N9O10S2/c1-26(2)20(22(38)36(26)46-48(41,42)43)34-21(37)19(16-12-47-24(29)32-16)35-45-27(3,23(39)40)18-7-5-14-10-13(4-6-17(14)44-18)15-11-31-25(33-15)30-9-8-28/h4,6,10,12,15,18,20H,5,7-9,11,28H2,1-3H3,(H2,29,32)(H,34,37)(H,39,40)(H2,30,31,33)(H,41,42,43)/b35-19-/t15?,18-,20-,27+/m1/s1. The van der Waals surface area contributed by atoms with E-state index in [0.29, 0.717) is 42.8 Å². The molecule has 2 amide bonds. The Morgan fingerprint density at radius 1 is 1.35 bits per heavy atom. The number of carbonyl (C=O) groups excluding carboxylic acids is 2. The predicted molar refractivity (Wildman–Crippen MR) is 170 cm³/mol. The van der Waals surface area contributed by atoms with Crippen molar-refractivity contribution in [2.24, 2.45) is 15.9 Å². The molecule has 260 valence electrons. The first-order chi connectivity index (χ1) is 22.5. The van der Waals surface area contributed by atoms with E-state index in [2.05, 4.69) is 35.4 Å². The number of hydrogen-bond acceptors (Lipinski definition) is 16. The molecule has 0 radical (unpaired) electrons. The number of aryl methyl sites for hydroxylation is 1. The molecular formula is C27H35N9O10S2. The molecule has 0 aliphatic carbocycles. The van der Waals surface area contributed by atoms with Crippen LogP contribution in [-0.4, -0.2) is 100 Å². The minimum absolute atomic E-state index is 0.0568. The number of hydroxylamine groups is 2. The van der Waals surface area contributed by atoms with Gasteiger partial charge in [0.25, 0.3) is 17.4 Å². The summed E-state index contributed by atoms with van der Waals surface area (Å²) in [7, 11) is -5.02. The van der Waals surface area contributed by atoms with E-state index in [9.17, 15) is 27.9 Å². The minimum Gasteiger partial charge on any atom is -0.485 e. The van der Waals surface area contributed by atoms with Gasteiger partial charge in [-0.2, -0.15) is 13.5 Å². The van der Waals surface area contributed by atoms with Crippen LogP contribution < -0.4 is 32.2 Å². The number of aliphatic carboxylic acids is 1. The number of thiazole rings is 1. The maximum Gasteiger partial charge on any atom is 0.418 e. The number of β-lactam (4-membered cyclic amide) rings is 1. The molecule has 2 aromatic rings. The van der Waals surface area contributed by atoms with Crippen LogP contribution in [0.5, 0.6) is 5.75 Å². The van der Waals surface area contributed by atoms with Crippen molar-refractivity contribution in [3.63, 3.8) is 0 Å². The normalized spacial score (nSPS) is 23.1. The lowest BCUT2D eigenvalue weighted by atomic mass is 9.84. The van der Waals surface area contributed by atoms with Gasteiger partial charge in [0, 0.05) is 18.5 Å². The predicted octanol–water partition coefficient (Wildman–Crippen LogP) is -0.928. The van der Waals surface area contributed by atoms with E-state index in [1.54, 1.807) is 6.07 Å². The molecule has 3 aliphatic rings. The van der Waals surface area contributed by atoms with Gasteiger partial charge >= 0.3 is 16.4 Å². The SMILES string of the molecule is CC1(C)[C@H](NC(=O)/C(=N\O[C@](C)(C(=O)O)[C@H]2CCc3cc(C4CN=C(NCCN)N4)ccc3O2)c2csc(N)n2)C(=O)N1OS(=O)(=O)O. The number of carboxylic acid groups (broad SMARTS) is 1. The minimum atomic E-state index is -5.02. The lowest BCUT2D eigenvalue weighted by molar-refractivity contribution is -0.218. The molecule has 4 atom stereocenters. The van der Waals surface area contributed by atoms with E-state index in [0.717, 1.165) is 22.5 Å². The number of fused-ring (bicyclic) bond motifs is 1. The number of nitrogens with zero attached hydrogens (tertiary/aromatic N) is 4. The van der Waals surface area contributed by atoms with Crippen molar-refractivity contribution in [3.8, 4) is 5.75 Å². The number of ether oxygens (including phenoxy) is 1. The summed E-state index contributed by atoms with van der Waals surface area (Å²) in [5, 5.41) is 24.8. The highest BCUT2D eigenvalue weighted by Gasteiger charge is 2.58. The molecule has 1 unspecified atom stereocenters. The van der Waals surface area contributed by atoms with Crippen molar-refractivity contribution < 1.29 is 46.3 Å². The summed E-state index contributed by atoms with van der Waals surface area (Å²) in [5.41, 5.74) is 9.02. The van der Waals surface area contributed by atoms with Crippen molar-refractivity contribution in [2.45, 2.75) is 62.9 Å². The van der Waals surface area contributed by atoms with E-state index in [4.69, 9.17) is 25.6 Å². The van der Waals surface area contributed by atoms with E-state index in [1.807, 2.05) is 12.1 Å². The van der Waals surface area contributed by atoms with Gasteiger partial charge in [-0.3, -0.25) is 19.1 Å². The topological polar surface area (TPSA) is 282 Å². The van der Waals surface area contributed by atoms with Crippen LogP contribution in [0.4, 0.5) is 5.13 Å². The Bertz CT molecular complexity index is 1780. The molecule has 1 aromatic heterocycles. The first-order valence-corrected chi connectivity index (χ1v) is 16.8. The zero-order valence-corrected chi connectivity index (χ0v) is 27.6. The van der Waals surface area contributed by atoms with Gasteiger partial charge < -0.3 is 42.1 Å². The second kappa shape index (κ2) is 13.1. The average Bonchev–Trinajstić information content (AvgIpc) is 3.69. The number of guanidine groups is 1. The fourth-order valence-electron chi connectivity index (χ4n) is 5.33. The van der Waals surface area contributed by atoms with Crippen LogP contribution in [0.2, 0.25) is 0 Å². The summed E-state index contributed by atoms with van der Waals surface area (Å²) in [4.78, 5) is 52.8. The number of benzene rings is 1. The highest BCUT2D eigenvalue weighted by atomic mass is 32.3. The lowest BCUT2D eigenvalue weighted by Gasteiger charge is -2.50. The summed E-state index contributed by atoms with van der Waals surface area (Å²) >= 11 is 0.969. The molecule has 1 saturated heterocycles. The van der Waals surface area contributed by atoms with Crippen molar-refractivity contribution in [1.29, 1.82) is 0 Å². The van der Waals surface area contributed by atoms with Crippen LogP contribution in [0.3, 0.4) is 0 Å². The fraction of sp³-hybridized carbons (Fsp3) is 0.481. The van der Waals surface area contributed by atoms with Gasteiger partial charge in [-0.05, 0) is 56.9 Å².